The number of amides is 3. The van der Waals surface area contributed by atoms with Crippen LogP contribution in [0.15, 0.2) is 22.8 Å². The van der Waals surface area contributed by atoms with E-state index in [0.717, 1.165) is 0 Å². The summed E-state index contributed by atoms with van der Waals surface area (Å²) >= 11 is 0. The van der Waals surface area contributed by atoms with Gasteiger partial charge in [-0.2, -0.15) is 0 Å². The summed E-state index contributed by atoms with van der Waals surface area (Å²) in [6.45, 7) is 8.82. The van der Waals surface area contributed by atoms with Crippen molar-refractivity contribution in [3.05, 3.63) is 24.2 Å². The van der Waals surface area contributed by atoms with Crippen LogP contribution in [0.1, 0.15) is 37.7 Å². The first-order valence-electron chi connectivity index (χ1n) is 9.24. The number of furan rings is 1. The van der Waals surface area contributed by atoms with Gasteiger partial charge in [0.2, 0.25) is 11.8 Å². The van der Waals surface area contributed by atoms with Gasteiger partial charge in [0, 0.05) is 57.0 Å². The van der Waals surface area contributed by atoms with Crippen LogP contribution in [0, 0.1) is 11.3 Å². The number of rotatable bonds is 3. The molecule has 3 amide bonds. The third-order valence-corrected chi connectivity index (χ3v) is 5.30. The minimum absolute atomic E-state index is 0.0686. The van der Waals surface area contributed by atoms with E-state index >= 15 is 0 Å². The van der Waals surface area contributed by atoms with Crippen molar-refractivity contribution >= 4 is 17.7 Å². The number of nitrogens with zero attached hydrogens (tertiary/aromatic N) is 3. The van der Waals surface area contributed by atoms with Crippen molar-refractivity contribution in [1.82, 2.24) is 14.7 Å². The van der Waals surface area contributed by atoms with Crippen molar-refractivity contribution in [3.8, 4) is 0 Å². The maximum Gasteiger partial charge on any atom is 0.289 e. The minimum Gasteiger partial charge on any atom is -0.459 e. The zero-order valence-electron chi connectivity index (χ0n) is 15.7. The molecule has 0 unspecified atom stereocenters. The Labute approximate surface area is 153 Å². The highest BCUT2D eigenvalue weighted by molar-refractivity contribution is 5.91. The summed E-state index contributed by atoms with van der Waals surface area (Å²) in [6, 6.07) is 3.34. The van der Waals surface area contributed by atoms with E-state index in [0.29, 0.717) is 51.4 Å². The second kappa shape index (κ2) is 7.13. The molecule has 3 rings (SSSR count). The Hall–Kier alpha value is -2.31. The predicted octanol–water partition coefficient (Wildman–Crippen LogP) is 1.46. The van der Waals surface area contributed by atoms with E-state index in [1.165, 1.54) is 6.26 Å². The molecular weight excluding hydrogens is 334 g/mol. The molecule has 1 atom stereocenters. The Bertz CT molecular complexity index is 685. The fraction of sp³-hybridized carbons (Fsp3) is 0.632. The second-order valence-corrected chi connectivity index (χ2v) is 7.70. The minimum atomic E-state index is -0.420. The Morgan fingerprint density at radius 3 is 2.46 bits per heavy atom. The second-order valence-electron chi connectivity index (χ2n) is 7.70. The molecule has 0 saturated carbocycles. The van der Waals surface area contributed by atoms with Gasteiger partial charge >= 0.3 is 0 Å². The number of likely N-dealkylation sites (tertiary alicyclic amines) is 1. The first-order valence-corrected chi connectivity index (χ1v) is 9.24. The lowest BCUT2D eigenvalue weighted by atomic mass is 9.85. The van der Waals surface area contributed by atoms with Gasteiger partial charge in [-0.05, 0) is 19.1 Å². The van der Waals surface area contributed by atoms with Gasteiger partial charge in [-0.3, -0.25) is 14.4 Å². The van der Waals surface area contributed by atoms with E-state index in [-0.39, 0.29) is 23.6 Å². The molecule has 0 radical (unpaired) electrons. The molecule has 1 aromatic heterocycles. The lowest BCUT2D eigenvalue weighted by Gasteiger charge is -2.34. The van der Waals surface area contributed by atoms with Crippen molar-refractivity contribution in [3.63, 3.8) is 0 Å². The Morgan fingerprint density at radius 2 is 1.88 bits per heavy atom. The molecule has 0 aromatic carbocycles. The van der Waals surface area contributed by atoms with Crippen molar-refractivity contribution in [2.24, 2.45) is 11.3 Å². The van der Waals surface area contributed by atoms with Crippen molar-refractivity contribution in [2.75, 3.05) is 39.3 Å². The van der Waals surface area contributed by atoms with Crippen LogP contribution in [-0.2, 0) is 9.59 Å². The molecule has 3 heterocycles. The number of carbonyl (C=O) groups excluding carboxylic acids is 3. The van der Waals surface area contributed by atoms with Gasteiger partial charge in [0.1, 0.15) is 0 Å². The van der Waals surface area contributed by atoms with E-state index in [2.05, 4.69) is 0 Å². The van der Waals surface area contributed by atoms with E-state index in [4.69, 9.17) is 4.42 Å². The summed E-state index contributed by atoms with van der Waals surface area (Å²) < 4.78 is 5.27. The highest BCUT2D eigenvalue weighted by Gasteiger charge is 2.48. The SMILES string of the molecule is CCN1C[C@@]2(CC1=O)CN(C(=O)c1ccco1)CCN(C(=O)C(C)C)C2. The monoisotopic (exact) mass is 361 g/mol. The predicted molar refractivity (Wildman–Crippen MR) is 95.3 cm³/mol. The maximum atomic E-state index is 12.8. The number of hydrogen-bond donors (Lipinski definition) is 0. The first kappa shape index (κ1) is 18.5. The molecule has 26 heavy (non-hydrogen) atoms. The lowest BCUT2D eigenvalue weighted by Crippen LogP contribution is -2.46. The first-order chi connectivity index (χ1) is 12.3. The fourth-order valence-corrected chi connectivity index (χ4v) is 4.02. The van der Waals surface area contributed by atoms with Crippen LogP contribution >= 0.6 is 0 Å². The third-order valence-electron chi connectivity index (χ3n) is 5.30. The molecule has 2 fully saturated rings. The average molecular weight is 361 g/mol. The Balaban J connectivity index is 1.88. The van der Waals surface area contributed by atoms with Crippen molar-refractivity contribution < 1.29 is 18.8 Å². The summed E-state index contributed by atoms with van der Waals surface area (Å²) in [5.74, 6) is 0.158. The normalized spacial score (nSPS) is 23.8. The van der Waals surface area contributed by atoms with Crippen LogP contribution < -0.4 is 0 Å². The van der Waals surface area contributed by atoms with Crippen molar-refractivity contribution in [1.29, 1.82) is 0 Å². The summed E-state index contributed by atoms with van der Waals surface area (Å²) in [4.78, 5) is 43.2. The smallest absolute Gasteiger partial charge is 0.289 e. The molecule has 0 aliphatic carbocycles. The quantitative estimate of drug-likeness (QED) is 0.817. The maximum absolute atomic E-state index is 12.8. The van der Waals surface area contributed by atoms with Gasteiger partial charge in [-0.1, -0.05) is 13.8 Å². The van der Waals surface area contributed by atoms with Crippen LogP contribution in [0.2, 0.25) is 0 Å². The van der Waals surface area contributed by atoms with Gasteiger partial charge in [-0.15, -0.1) is 0 Å². The Morgan fingerprint density at radius 1 is 1.19 bits per heavy atom. The highest BCUT2D eigenvalue weighted by Crippen LogP contribution is 2.35. The molecular formula is C19H27N3O4. The molecule has 2 saturated heterocycles. The molecule has 7 heteroatoms. The van der Waals surface area contributed by atoms with Crippen molar-refractivity contribution in [2.45, 2.75) is 27.2 Å². The van der Waals surface area contributed by atoms with E-state index in [9.17, 15) is 14.4 Å². The summed E-state index contributed by atoms with van der Waals surface area (Å²) in [7, 11) is 0. The topological polar surface area (TPSA) is 74.1 Å². The zero-order valence-corrected chi connectivity index (χ0v) is 15.7. The van der Waals surface area contributed by atoms with Gasteiger partial charge in [-0.25, -0.2) is 0 Å². The largest absolute Gasteiger partial charge is 0.459 e. The summed E-state index contributed by atoms with van der Waals surface area (Å²) in [6.07, 6.45) is 1.85. The van der Waals surface area contributed by atoms with E-state index in [1.54, 1.807) is 17.0 Å². The third kappa shape index (κ3) is 3.48. The van der Waals surface area contributed by atoms with E-state index < -0.39 is 5.41 Å². The molecule has 1 aromatic rings. The highest BCUT2D eigenvalue weighted by atomic mass is 16.3. The van der Waals surface area contributed by atoms with E-state index in [1.807, 2.05) is 30.6 Å². The van der Waals surface area contributed by atoms with Crippen LogP contribution in [-0.4, -0.2) is 71.7 Å². The average Bonchev–Trinajstić information content (AvgIpc) is 3.19. The zero-order chi connectivity index (χ0) is 18.9. The molecule has 0 N–H and O–H groups in total. The molecule has 0 bridgehead atoms. The van der Waals surface area contributed by atoms with Crippen LogP contribution in [0.5, 0.6) is 0 Å². The van der Waals surface area contributed by atoms with Crippen LogP contribution in [0.25, 0.3) is 0 Å². The molecule has 2 aliphatic rings. The molecule has 142 valence electrons. The van der Waals surface area contributed by atoms with Crippen LogP contribution in [0.3, 0.4) is 0 Å². The molecule has 2 aliphatic heterocycles. The van der Waals surface area contributed by atoms with Gasteiger partial charge < -0.3 is 19.1 Å². The number of hydrogen-bond acceptors (Lipinski definition) is 4. The Kier molecular flexibility index (Phi) is 5.07. The van der Waals surface area contributed by atoms with Crippen LogP contribution in [0.4, 0.5) is 0 Å². The summed E-state index contributed by atoms with van der Waals surface area (Å²) in [5.41, 5.74) is -0.420. The van der Waals surface area contributed by atoms with Gasteiger partial charge in [0.05, 0.1) is 6.26 Å². The van der Waals surface area contributed by atoms with Gasteiger partial charge in [0.25, 0.3) is 5.91 Å². The summed E-state index contributed by atoms with van der Waals surface area (Å²) in [5, 5.41) is 0. The number of carbonyl (C=O) groups is 3. The standard InChI is InChI=1S/C19H27N3O4/c1-4-20-11-19(10-16(20)23)12-21(17(24)14(2)3)7-8-22(13-19)18(25)15-6-5-9-26-15/h5-6,9,14H,4,7-8,10-13H2,1-3H3/t19-/m1/s1. The molecule has 7 nitrogen and oxygen atoms in total. The lowest BCUT2D eigenvalue weighted by molar-refractivity contribution is -0.135. The van der Waals surface area contributed by atoms with Gasteiger partial charge in [0.15, 0.2) is 5.76 Å². The molecule has 1 spiro atoms. The fourth-order valence-electron chi connectivity index (χ4n) is 4.02.